The average molecular weight is 170 g/mol. The first-order valence-electron chi connectivity index (χ1n) is 5.06. The van der Waals surface area contributed by atoms with Gasteiger partial charge < -0.3 is 0 Å². The molecule has 0 fully saturated rings. The Labute approximate surface area is 74.6 Å². The third-order valence-corrected chi connectivity index (χ3v) is 2.88. The summed E-state index contributed by atoms with van der Waals surface area (Å²) in [6.07, 6.45) is 10.2. The fraction of sp³-hybridized carbons (Fsp3) is 1.00. The summed E-state index contributed by atoms with van der Waals surface area (Å²) in [7, 11) is 1.17. The van der Waals surface area contributed by atoms with Gasteiger partial charge in [-0.3, -0.25) is 0 Å². The van der Waals surface area contributed by atoms with Crippen LogP contribution in [0.3, 0.4) is 0 Å². The van der Waals surface area contributed by atoms with Crippen LogP contribution in [0.5, 0.6) is 0 Å². The van der Waals surface area contributed by atoms with Crippen molar-refractivity contribution in [2.75, 3.05) is 0 Å². The molecular formula is C10H22Si. The second-order valence-electron chi connectivity index (χ2n) is 3.22. The Morgan fingerprint density at radius 3 is 1.91 bits per heavy atom. The van der Waals surface area contributed by atoms with Crippen LogP contribution in [-0.2, 0) is 0 Å². The van der Waals surface area contributed by atoms with Crippen LogP contribution in [0.4, 0.5) is 0 Å². The van der Waals surface area contributed by atoms with Crippen molar-refractivity contribution in [3.8, 4) is 0 Å². The van der Waals surface area contributed by atoms with Crippen molar-refractivity contribution in [2.24, 2.45) is 0 Å². The Balaban J connectivity index is 2.69. The Bertz CT molecular complexity index is 53.9. The van der Waals surface area contributed by atoms with E-state index in [0.717, 1.165) is 0 Å². The van der Waals surface area contributed by atoms with Gasteiger partial charge >= 0.3 is 0 Å². The highest BCUT2D eigenvalue weighted by Crippen LogP contribution is 2.07. The van der Waals surface area contributed by atoms with Crippen molar-refractivity contribution < 1.29 is 0 Å². The Kier molecular flexibility index (Phi) is 10.4. The van der Waals surface area contributed by atoms with Gasteiger partial charge in [-0.2, -0.15) is 0 Å². The normalized spacial score (nSPS) is 10.4. The number of unbranched alkanes of at least 4 members (excludes halogenated alkanes) is 6. The molecule has 11 heavy (non-hydrogen) atoms. The largest absolute Gasteiger partial charge is 0.0733 e. The minimum Gasteiger partial charge on any atom is -0.0733 e. The zero-order valence-corrected chi connectivity index (χ0v) is 9.16. The van der Waals surface area contributed by atoms with Crippen LogP contribution >= 0.6 is 0 Å². The van der Waals surface area contributed by atoms with E-state index in [0.29, 0.717) is 0 Å². The fourth-order valence-corrected chi connectivity index (χ4v) is 1.86. The molecule has 0 bridgehead atoms. The predicted molar refractivity (Wildman–Crippen MR) is 54.4 cm³/mol. The van der Waals surface area contributed by atoms with Crippen molar-refractivity contribution in [3.05, 3.63) is 0 Å². The molecule has 0 aliphatic carbocycles. The highest BCUT2D eigenvalue weighted by Gasteiger charge is 1.89. The SMILES string of the molecule is CCCCCCCCC[Si]C. The lowest BCUT2D eigenvalue weighted by atomic mass is 10.1. The van der Waals surface area contributed by atoms with E-state index in [4.69, 9.17) is 0 Å². The summed E-state index contributed by atoms with van der Waals surface area (Å²) in [6.45, 7) is 4.58. The first-order valence-corrected chi connectivity index (χ1v) is 6.77. The molecule has 0 aromatic rings. The van der Waals surface area contributed by atoms with Gasteiger partial charge in [-0.15, -0.1) is 0 Å². The maximum Gasteiger partial charge on any atom is 0.0342 e. The maximum absolute atomic E-state index is 2.30. The molecule has 66 valence electrons. The third kappa shape index (κ3) is 10.2. The van der Waals surface area contributed by atoms with E-state index in [2.05, 4.69) is 13.5 Å². The molecule has 0 aromatic heterocycles. The lowest BCUT2D eigenvalue weighted by Gasteiger charge is -1.98. The first kappa shape index (κ1) is 11.2. The summed E-state index contributed by atoms with van der Waals surface area (Å²) < 4.78 is 0. The Hall–Kier alpha value is 0.217. The van der Waals surface area contributed by atoms with Crippen molar-refractivity contribution in [1.82, 2.24) is 0 Å². The Morgan fingerprint density at radius 2 is 1.36 bits per heavy atom. The van der Waals surface area contributed by atoms with Crippen molar-refractivity contribution in [3.63, 3.8) is 0 Å². The van der Waals surface area contributed by atoms with Gasteiger partial charge in [0.2, 0.25) is 0 Å². The monoisotopic (exact) mass is 170 g/mol. The van der Waals surface area contributed by atoms with E-state index in [-0.39, 0.29) is 0 Å². The summed E-state index contributed by atoms with van der Waals surface area (Å²) in [5.74, 6) is 0. The van der Waals surface area contributed by atoms with Crippen LogP contribution in [0.2, 0.25) is 12.6 Å². The second-order valence-corrected chi connectivity index (χ2v) is 4.43. The first-order chi connectivity index (χ1) is 5.41. The molecular weight excluding hydrogens is 148 g/mol. The molecule has 0 amide bonds. The van der Waals surface area contributed by atoms with Crippen LogP contribution in [0.25, 0.3) is 0 Å². The van der Waals surface area contributed by atoms with Gasteiger partial charge in [0.15, 0.2) is 0 Å². The number of hydrogen-bond acceptors (Lipinski definition) is 0. The van der Waals surface area contributed by atoms with Crippen LogP contribution in [0, 0.1) is 0 Å². The van der Waals surface area contributed by atoms with Gasteiger partial charge in [0.25, 0.3) is 0 Å². The van der Waals surface area contributed by atoms with Gasteiger partial charge in [-0.25, -0.2) is 0 Å². The molecule has 0 saturated carbocycles. The topological polar surface area (TPSA) is 0 Å². The van der Waals surface area contributed by atoms with E-state index in [1.807, 2.05) is 0 Å². The van der Waals surface area contributed by atoms with E-state index in [1.165, 1.54) is 60.5 Å². The quantitative estimate of drug-likeness (QED) is 0.383. The summed E-state index contributed by atoms with van der Waals surface area (Å²) in [5.41, 5.74) is 0. The van der Waals surface area contributed by atoms with Gasteiger partial charge in [0, 0.05) is 9.52 Å². The minimum absolute atomic E-state index is 1.17. The average Bonchev–Trinajstić information content (AvgIpc) is 2.03. The molecule has 2 radical (unpaired) electrons. The molecule has 0 atom stereocenters. The standard InChI is InChI=1S/C10H22Si/c1-3-4-5-6-7-8-9-10-11-2/h3-10H2,1-2H3. The van der Waals surface area contributed by atoms with E-state index in [1.54, 1.807) is 0 Å². The molecule has 0 aliphatic rings. The van der Waals surface area contributed by atoms with Crippen LogP contribution in [0.15, 0.2) is 0 Å². The van der Waals surface area contributed by atoms with Crippen molar-refractivity contribution in [1.29, 1.82) is 0 Å². The molecule has 0 nitrogen and oxygen atoms in total. The second kappa shape index (κ2) is 10.2. The lowest BCUT2D eigenvalue weighted by molar-refractivity contribution is 0.601. The van der Waals surface area contributed by atoms with Gasteiger partial charge in [-0.05, 0) is 0 Å². The summed E-state index contributed by atoms with van der Waals surface area (Å²) in [6, 6.07) is 1.47. The number of hydrogen-bond donors (Lipinski definition) is 0. The minimum atomic E-state index is 1.17. The van der Waals surface area contributed by atoms with Crippen LogP contribution in [0.1, 0.15) is 51.9 Å². The summed E-state index contributed by atoms with van der Waals surface area (Å²) in [4.78, 5) is 0. The zero-order valence-electron chi connectivity index (χ0n) is 8.16. The highest BCUT2D eigenvalue weighted by molar-refractivity contribution is 6.33. The van der Waals surface area contributed by atoms with E-state index < -0.39 is 0 Å². The molecule has 1 heteroatoms. The van der Waals surface area contributed by atoms with E-state index >= 15 is 0 Å². The molecule has 0 N–H and O–H groups in total. The molecule has 0 aromatic carbocycles. The zero-order chi connectivity index (χ0) is 8.36. The molecule has 0 rings (SSSR count). The molecule has 0 heterocycles. The van der Waals surface area contributed by atoms with Crippen LogP contribution < -0.4 is 0 Å². The smallest absolute Gasteiger partial charge is 0.0342 e. The Morgan fingerprint density at radius 1 is 0.818 bits per heavy atom. The third-order valence-electron chi connectivity index (χ3n) is 2.03. The maximum atomic E-state index is 2.30. The lowest BCUT2D eigenvalue weighted by Crippen LogP contribution is -1.82. The highest BCUT2D eigenvalue weighted by atomic mass is 28.2. The molecule has 0 unspecified atom stereocenters. The molecule has 0 aliphatic heterocycles. The van der Waals surface area contributed by atoms with Gasteiger partial charge in [0.05, 0.1) is 0 Å². The number of rotatable bonds is 8. The van der Waals surface area contributed by atoms with Gasteiger partial charge in [0.1, 0.15) is 0 Å². The predicted octanol–water partition coefficient (Wildman–Crippen LogP) is 3.91. The van der Waals surface area contributed by atoms with E-state index in [9.17, 15) is 0 Å². The van der Waals surface area contributed by atoms with Crippen molar-refractivity contribution >= 4 is 9.52 Å². The molecule has 0 saturated heterocycles. The fourth-order valence-electron chi connectivity index (χ4n) is 1.26. The summed E-state index contributed by atoms with van der Waals surface area (Å²) in [5, 5.41) is 0. The van der Waals surface area contributed by atoms with Crippen LogP contribution in [-0.4, -0.2) is 9.52 Å². The van der Waals surface area contributed by atoms with Crippen molar-refractivity contribution in [2.45, 2.75) is 64.5 Å². The van der Waals surface area contributed by atoms with Gasteiger partial charge in [-0.1, -0.05) is 64.5 Å². The summed E-state index contributed by atoms with van der Waals surface area (Å²) >= 11 is 0. The molecule has 0 spiro atoms.